The summed E-state index contributed by atoms with van der Waals surface area (Å²) in [7, 11) is 0. The number of hydrogen-bond donors (Lipinski definition) is 1. The van der Waals surface area contributed by atoms with Gasteiger partial charge in [-0.05, 0) is 30.4 Å². The number of amides is 1. The van der Waals surface area contributed by atoms with E-state index in [4.69, 9.17) is 0 Å². The Hall–Kier alpha value is -1.55. The standard InChI is InChI=1S/C19H24N2OS/c1-13-6-5-9-16(14(13)2)20-18(22)12-23-19-11-10-15-7-3-4-8-17(15)21-19/h3-4,7-8,10-11,13-14,16H,5-6,9,12H2,1-2H3,(H,20,22)/t13-,14-,16-/m1/s1. The van der Waals surface area contributed by atoms with E-state index in [1.54, 1.807) is 0 Å². The molecule has 1 amide bonds. The van der Waals surface area contributed by atoms with E-state index in [0.29, 0.717) is 23.6 Å². The van der Waals surface area contributed by atoms with Gasteiger partial charge < -0.3 is 5.32 Å². The maximum absolute atomic E-state index is 12.2. The lowest BCUT2D eigenvalue weighted by Gasteiger charge is -2.34. The number of nitrogens with zero attached hydrogens (tertiary/aromatic N) is 1. The van der Waals surface area contributed by atoms with Gasteiger partial charge in [-0.3, -0.25) is 4.79 Å². The fourth-order valence-electron chi connectivity index (χ4n) is 3.30. The van der Waals surface area contributed by atoms with Crippen LogP contribution in [-0.2, 0) is 4.79 Å². The van der Waals surface area contributed by atoms with E-state index in [1.165, 1.54) is 24.6 Å². The van der Waals surface area contributed by atoms with E-state index in [9.17, 15) is 4.79 Å². The zero-order chi connectivity index (χ0) is 16.2. The molecule has 0 spiro atoms. The van der Waals surface area contributed by atoms with E-state index in [-0.39, 0.29) is 5.91 Å². The molecule has 0 unspecified atom stereocenters. The highest BCUT2D eigenvalue weighted by molar-refractivity contribution is 7.99. The molecule has 0 aliphatic heterocycles. The third-order valence-electron chi connectivity index (χ3n) is 4.98. The molecule has 1 N–H and O–H groups in total. The Morgan fingerprint density at radius 2 is 2.04 bits per heavy atom. The van der Waals surface area contributed by atoms with Gasteiger partial charge in [0.05, 0.1) is 16.3 Å². The largest absolute Gasteiger partial charge is 0.352 e. The maximum Gasteiger partial charge on any atom is 0.230 e. The summed E-state index contributed by atoms with van der Waals surface area (Å²) in [5.74, 6) is 1.82. The van der Waals surface area contributed by atoms with E-state index in [1.807, 2.05) is 24.3 Å². The molecule has 122 valence electrons. The molecule has 4 heteroatoms. The minimum Gasteiger partial charge on any atom is -0.352 e. The minimum atomic E-state index is 0.121. The van der Waals surface area contributed by atoms with Crippen LogP contribution >= 0.6 is 11.8 Å². The van der Waals surface area contributed by atoms with Gasteiger partial charge in [0.1, 0.15) is 0 Å². The number of para-hydroxylation sites is 1. The number of nitrogens with one attached hydrogen (secondary N) is 1. The van der Waals surface area contributed by atoms with Crippen LogP contribution in [0.15, 0.2) is 41.4 Å². The first-order chi connectivity index (χ1) is 11.1. The Balaban J connectivity index is 1.55. The number of hydrogen-bond acceptors (Lipinski definition) is 3. The number of carbonyl (C=O) groups is 1. The van der Waals surface area contributed by atoms with Crippen molar-refractivity contribution in [3.05, 3.63) is 36.4 Å². The van der Waals surface area contributed by atoms with Crippen LogP contribution in [0.25, 0.3) is 10.9 Å². The average Bonchev–Trinajstić information content (AvgIpc) is 2.57. The predicted octanol–water partition coefficient (Wildman–Crippen LogP) is 4.27. The van der Waals surface area contributed by atoms with Crippen LogP contribution in [0.3, 0.4) is 0 Å². The molecule has 1 aliphatic rings. The third kappa shape index (κ3) is 4.05. The highest BCUT2D eigenvalue weighted by atomic mass is 32.2. The van der Waals surface area contributed by atoms with E-state index in [2.05, 4.69) is 36.3 Å². The molecule has 1 heterocycles. The Kier molecular flexibility index (Phi) is 5.21. The summed E-state index contributed by atoms with van der Waals surface area (Å²) in [5.41, 5.74) is 0.979. The second kappa shape index (κ2) is 7.35. The van der Waals surface area contributed by atoms with Crippen LogP contribution in [0.4, 0.5) is 0 Å². The van der Waals surface area contributed by atoms with Crippen molar-refractivity contribution in [1.82, 2.24) is 10.3 Å². The van der Waals surface area contributed by atoms with Gasteiger partial charge in [-0.1, -0.05) is 62.7 Å². The summed E-state index contributed by atoms with van der Waals surface area (Å²) in [6.45, 7) is 4.55. The molecule has 23 heavy (non-hydrogen) atoms. The lowest BCUT2D eigenvalue weighted by molar-refractivity contribution is -0.119. The summed E-state index contributed by atoms with van der Waals surface area (Å²) < 4.78 is 0. The Bertz CT molecular complexity index is 688. The summed E-state index contributed by atoms with van der Waals surface area (Å²) in [5, 5.41) is 5.26. The summed E-state index contributed by atoms with van der Waals surface area (Å²) in [4.78, 5) is 16.8. The van der Waals surface area contributed by atoms with Crippen molar-refractivity contribution in [2.75, 3.05) is 5.75 Å². The van der Waals surface area contributed by atoms with Crippen LogP contribution < -0.4 is 5.32 Å². The van der Waals surface area contributed by atoms with Gasteiger partial charge >= 0.3 is 0 Å². The van der Waals surface area contributed by atoms with Crippen LogP contribution in [0.1, 0.15) is 33.1 Å². The molecule has 1 fully saturated rings. The molecule has 2 aromatic rings. The summed E-state index contributed by atoms with van der Waals surface area (Å²) >= 11 is 1.51. The fraction of sp³-hybridized carbons (Fsp3) is 0.474. The van der Waals surface area contributed by atoms with Gasteiger partial charge in [-0.25, -0.2) is 4.98 Å². The van der Waals surface area contributed by atoms with Crippen molar-refractivity contribution >= 4 is 28.6 Å². The molecular formula is C19H24N2OS. The zero-order valence-electron chi connectivity index (χ0n) is 13.8. The smallest absolute Gasteiger partial charge is 0.230 e. The van der Waals surface area contributed by atoms with Crippen molar-refractivity contribution in [1.29, 1.82) is 0 Å². The van der Waals surface area contributed by atoms with E-state index >= 15 is 0 Å². The molecule has 0 saturated heterocycles. The van der Waals surface area contributed by atoms with Crippen molar-refractivity contribution < 1.29 is 4.79 Å². The van der Waals surface area contributed by atoms with E-state index < -0.39 is 0 Å². The number of carbonyl (C=O) groups excluding carboxylic acids is 1. The van der Waals surface area contributed by atoms with Gasteiger partial charge in [0.15, 0.2) is 0 Å². The molecule has 3 nitrogen and oxygen atoms in total. The molecule has 3 atom stereocenters. The molecule has 1 saturated carbocycles. The van der Waals surface area contributed by atoms with Gasteiger partial charge in [-0.2, -0.15) is 0 Å². The predicted molar refractivity (Wildman–Crippen MR) is 96.6 cm³/mol. The van der Waals surface area contributed by atoms with Crippen molar-refractivity contribution in [3.8, 4) is 0 Å². The first-order valence-electron chi connectivity index (χ1n) is 8.41. The van der Waals surface area contributed by atoms with Crippen LogP contribution in [0, 0.1) is 11.8 Å². The molecule has 3 rings (SSSR count). The average molecular weight is 328 g/mol. The normalized spacial score (nSPS) is 24.5. The van der Waals surface area contributed by atoms with Gasteiger partial charge in [0.2, 0.25) is 5.91 Å². The number of aromatic nitrogens is 1. The second-order valence-electron chi connectivity index (χ2n) is 6.57. The van der Waals surface area contributed by atoms with Crippen molar-refractivity contribution in [2.45, 2.75) is 44.2 Å². The third-order valence-corrected chi connectivity index (χ3v) is 5.91. The number of thioether (sulfide) groups is 1. The number of fused-ring (bicyclic) bond motifs is 1. The molecule has 0 radical (unpaired) electrons. The molecule has 0 bridgehead atoms. The first kappa shape index (κ1) is 16.3. The molecular weight excluding hydrogens is 304 g/mol. The SMILES string of the molecule is C[C@@H]1[C@H](C)CCC[C@H]1NC(=O)CSc1ccc2ccccc2n1. The topological polar surface area (TPSA) is 42.0 Å². The number of rotatable bonds is 4. The zero-order valence-corrected chi connectivity index (χ0v) is 14.6. The maximum atomic E-state index is 12.2. The second-order valence-corrected chi connectivity index (χ2v) is 7.57. The number of pyridine rings is 1. The van der Waals surface area contributed by atoms with Crippen molar-refractivity contribution in [3.63, 3.8) is 0 Å². The molecule has 1 aromatic carbocycles. The van der Waals surface area contributed by atoms with Gasteiger partial charge in [-0.15, -0.1) is 0 Å². The minimum absolute atomic E-state index is 0.121. The summed E-state index contributed by atoms with van der Waals surface area (Å²) in [6, 6.07) is 12.4. The lowest BCUT2D eigenvalue weighted by atomic mass is 9.78. The van der Waals surface area contributed by atoms with Crippen LogP contribution in [0.5, 0.6) is 0 Å². The number of benzene rings is 1. The van der Waals surface area contributed by atoms with Crippen molar-refractivity contribution in [2.24, 2.45) is 11.8 Å². The Morgan fingerprint density at radius 3 is 2.91 bits per heavy atom. The van der Waals surface area contributed by atoms with Crippen LogP contribution in [0.2, 0.25) is 0 Å². The quantitative estimate of drug-likeness (QED) is 0.852. The fourth-order valence-corrected chi connectivity index (χ4v) is 3.99. The monoisotopic (exact) mass is 328 g/mol. The highest BCUT2D eigenvalue weighted by Gasteiger charge is 2.27. The van der Waals surface area contributed by atoms with Crippen LogP contribution in [-0.4, -0.2) is 22.7 Å². The Morgan fingerprint density at radius 1 is 1.22 bits per heavy atom. The van der Waals surface area contributed by atoms with E-state index in [0.717, 1.165) is 22.3 Å². The molecule has 1 aliphatic carbocycles. The summed E-state index contributed by atoms with van der Waals surface area (Å²) in [6.07, 6.45) is 3.61. The first-order valence-corrected chi connectivity index (χ1v) is 9.40. The lowest BCUT2D eigenvalue weighted by Crippen LogP contribution is -2.44. The van der Waals surface area contributed by atoms with Gasteiger partial charge in [0, 0.05) is 11.4 Å². The Labute approximate surface area is 142 Å². The molecule has 1 aromatic heterocycles. The van der Waals surface area contributed by atoms with Gasteiger partial charge in [0.25, 0.3) is 0 Å². The highest BCUT2D eigenvalue weighted by Crippen LogP contribution is 2.29.